The Bertz CT molecular complexity index is 2480. The van der Waals surface area contributed by atoms with E-state index in [-0.39, 0.29) is 0 Å². The summed E-state index contributed by atoms with van der Waals surface area (Å²) in [6.45, 7) is 0. The number of para-hydroxylation sites is 1. The molecule has 226 valence electrons. The molecule has 0 saturated carbocycles. The zero-order valence-electron chi connectivity index (χ0n) is 26.3. The summed E-state index contributed by atoms with van der Waals surface area (Å²) in [4.78, 5) is 2.39. The fourth-order valence-corrected chi connectivity index (χ4v) is 6.97. The fourth-order valence-electron chi connectivity index (χ4n) is 6.97. The molecular weight excluding hydrogens is 583 g/mol. The van der Waals surface area contributed by atoms with E-state index in [9.17, 15) is 0 Å². The molecule has 0 aliphatic heterocycles. The van der Waals surface area contributed by atoms with Gasteiger partial charge in [-0.25, -0.2) is 0 Å². The second-order valence-electron chi connectivity index (χ2n) is 12.2. The first-order valence-corrected chi connectivity index (χ1v) is 16.3. The van der Waals surface area contributed by atoms with Crippen molar-refractivity contribution in [2.45, 2.75) is 0 Å². The normalized spacial score (nSPS) is 11.3. The Morgan fingerprint density at radius 1 is 0.354 bits per heavy atom. The van der Waals surface area contributed by atoms with E-state index in [1.54, 1.807) is 0 Å². The summed E-state index contributed by atoms with van der Waals surface area (Å²) in [6.07, 6.45) is 0. The molecule has 0 unspecified atom stereocenters. The Hall–Kier alpha value is -6.38. The predicted molar refractivity (Wildman–Crippen MR) is 202 cm³/mol. The van der Waals surface area contributed by atoms with Gasteiger partial charge in [-0.15, -0.1) is 0 Å². The molecule has 0 radical (unpaired) electrons. The van der Waals surface area contributed by atoms with Crippen molar-refractivity contribution in [2.24, 2.45) is 0 Å². The largest absolute Gasteiger partial charge is 0.456 e. The molecule has 1 heterocycles. The highest BCUT2D eigenvalue weighted by Gasteiger charge is 2.21. The van der Waals surface area contributed by atoms with E-state index in [0.717, 1.165) is 50.1 Å². The topological polar surface area (TPSA) is 16.4 Å². The molecule has 1 aromatic heterocycles. The average Bonchev–Trinajstić information content (AvgIpc) is 3.53. The minimum atomic E-state index is 0.885. The van der Waals surface area contributed by atoms with E-state index in [1.807, 2.05) is 0 Å². The lowest BCUT2D eigenvalue weighted by molar-refractivity contribution is 0.669. The first-order chi connectivity index (χ1) is 23.8. The maximum Gasteiger partial charge on any atom is 0.136 e. The SMILES string of the molecule is c1ccc(-c2cccc(N(c3cccc(-c4ccccc4)c3)c3ccccc3-c3cccc4oc5cc6ccccc6cc5c34)c2)cc1. The lowest BCUT2D eigenvalue weighted by Gasteiger charge is -2.29. The first kappa shape index (κ1) is 27.9. The van der Waals surface area contributed by atoms with Crippen molar-refractivity contribution in [1.82, 2.24) is 0 Å². The number of anilines is 3. The maximum absolute atomic E-state index is 6.51. The Morgan fingerprint density at radius 2 is 0.875 bits per heavy atom. The lowest BCUT2D eigenvalue weighted by Crippen LogP contribution is -2.11. The number of hydrogen-bond donors (Lipinski definition) is 0. The number of fused-ring (bicyclic) bond motifs is 4. The minimum Gasteiger partial charge on any atom is -0.456 e. The molecule has 2 nitrogen and oxygen atoms in total. The van der Waals surface area contributed by atoms with Crippen molar-refractivity contribution in [3.8, 4) is 33.4 Å². The zero-order valence-corrected chi connectivity index (χ0v) is 26.3. The van der Waals surface area contributed by atoms with Gasteiger partial charge in [0.25, 0.3) is 0 Å². The maximum atomic E-state index is 6.51. The van der Waals surface area contributed by atoms with Gasteiger partial charge in [0.2, 0.25) is 0 Å². The van der Waals surface area contributed by atoms with Crippen molar-refractivity contribution in [3.05, 3.63) is 188 Å². The Labute approximate surface area is 279 Å². The molecule has 0 bridgehead atoms. The molecule has 0 saturated heterocycles. The van der Waals surface area contributed by atoms with Gasteiger partial charge in [-0.1, -0.05) is 140 Å². The summed E-state index contributed by atoms with van der Waals surface area (Å²) in [5.74, 6) is 0. The smallest absolute Gasteiger partial charge is 0.136 e. The van der Waals surface area contributed by atoms with E-state index in [1.165, 1.54) is 33.0 Å². The van der Waals surface area contributed by atoms with Crippen LogP contribution < -0.4 is 4.90 Å². The van der Waals surface area contributed by atoms with Gasteiger partial charge in [-0.05, 0) is 87.1 Å². The van der Waals surface area contributed by atoms with Crippen LogP contribution in [-0.2, 0) is 0 Å². The third kappa shape index (κ3) is 4.92. The molecule has 0 N–H and O–H groups in total. The third-order valence-electron chi connectivity index (χ3n) is 9.22. The van der Waals surface area contributed by atoms with Crippen molar-refractivity contribution >= 4 is 49.8 Å². The molecule has 48 heavy (non-hydrogen) atoms. The van der Waals surface area contributed by atoms with E-state index in [0.29, 0.717) is 0 Å². The molecule has 8 aromatic carbocycles. The third-order valence-corrected chi connectivity index (χ3v) is 9.22. The molecular formula is C46H31NO. The van der Waals surface area contributed by atoms with E-state index in [4.69, 9.17) is 4.42 Å². The molecule has 9 rings (SSSR count). The van der Waals surface area contributed by atoms with Crippen LogP contribution in [0.2, 0.25) is 0 Å². The summed E-state index contributed by atoms with van der Waals surface area (Å²) < 4.78 is 6.51. The molecule has 0 aliphatic carbocycles. The molecule has 9 aromatic rings. The number of rotatable bonds is 6. The fraction of sp³-hybridized carbons (Fsp3) is 0. The van der Waals surface area contributed by atoms with Crippen LogP contribution in [-0.4, -0.2) is 0 Å². The predicted octanol–water partition coefficient (Wildman–Crippen LogP) is 13.2. The average molecular weight is 614 g/mol. The second-order valence-corrected chi connectivity index (χ2v) is 12.2. The van der Waals surface area contributed by atoms with Crippen molar-refractivity contribution < 1.29 is 4.42 Å². The van der Waals surface area contributed by atoms with Crippen LogP contribution in [0.3, 0.4) is 0 Å². The van der Waals surface area contributed by atoms with Gasteiger partial charge in [-0.3, -0.25) is 0 Å². The molecule has 0 amide bonds. The molecule has 0 spiro atoms. The van der Waals surface area contributed by atoms with Gasteiger partial charge in [0.15, 0.2) is 0 Å². The van der Waals surface area contributed by atoms with Crippen LogP contribution in [0, 0.1) is 0 Å². The summed E-state index contributed by atoms with van der Waals surface area (Å²) >= 11 is 0. The quantitative estimate of drug-likeness (QED) is 0.185. The van der Waals surface area contributed by atoms with Gasteiger partial charge in [0, 0.05) is 27.7 Å². The summed E-state index contributed by atoms with van der Waals surface area (Å²) in [6, 6.07) is 66.9. The van der Waals surface area contributed by atoms with E-state index >= 15 is 0 Å². The van der Waals surface area contributed by atoms with Gasteiger partial charge in [0.05, 0.1) is 5.69 Å². The van der Waals surface area contributed by atoms with Crippen LogP contribution in [0.15, 0.2) is 192 Å². The highest BCUT2D eigenvalue weighted by atomic mass is 16.3. The first-order valence-electron chi connectivity index (χ1n) is 16.3. The van der Waals surface area contributed by atoms with Crippen LogP contribution in [0.5, 0.6) is 0 Å². The number of benzene rings is 8. The Balaban J connectivity index is 1.29. The highest BCUT2D eigenvalue weighted by molar-refractivity contribution is 6.16. The van der Waals surface area contributed by atoms with Crippen molar-refractivity contribution in [2.75, 3.05) is 4.90 Å². The van der Waals surface area contributed by atoms with Crippen molar-refractivity contribution in [3.63, 3.8) is 0 Å². The standard InChI is InChI=1S/C46H31NO/c1-3-14-32(15-4-1)34-20-11-22-38(28-34)47(39-23-12-21-35(29-39)33-16-5-2-6-17-33)43-26-10-9-24-40(43)41-25-13-27-44-46(41)42-30-36-18-7-8-19-37(36)31-45(42)48-44/h1-31H. The molecule has 0 fully saturated rings. The minimum absolute atomic E-state index is 0.885. The number of hydrogen-bond acceptors (Lipinski definition) is 2. The van der Waals surface area contributed by atoms with Crippen LogP contribution in [0.25, 0.3) is 66.1 Å². The van der Waals surface area contributed by atoms with Crippen molar-refractivity contribution in [1.29, 1.82) is 0 Å². The summed E-state index contributed by atoms with van der Waals surface area (Å²) in [5, 5.41) is 4.63. The van der Waals surface area contributed by atoms with E-state index in [2.05, 4.69) is 193 Å². The number of nitrogens with zero attached hydrogens (tertiary/aromatic N) is 1. The van der Waals surface area contributed by atoms with Gasteiger partial charge in [0.1, 0.15) is 11.2 Å². The zero-order chi connectivity index (χ0) is 31.9. The van der Waals surface area contributed by atoms with Gasteiger partial charge < -0.3 is 9.32 Å². The second kappa shape index (κ2) is 11.8. The highest BCUT2D eigenvalue weighted by Crippen LogP contribution is 2.46. The monoisotopic (exact) mass is 613 g/mol. The van der Waals surface area contributed by atoms with E-state index < -0.39 is 0 Å². The molecule has 2 heteroatoms. The summed E-state index contributed by atoms with van der Waals surface area (Å²) in [5.41, 5.74) is 12.0. The van der Waals surface area contributed by atoms with Crippen LogP contribution >= 0.6 is 0 Å². The van der Waals surface area contributed by atoms with Gasteiger partial charge in [-0.2, -0.15) is 0 Å². The van der Waals surface area contributed by atoms with Gasteiger partial charge >= 0.3 is 0 Å². The lowest BCUT2D eigenvalue weighted by atomic mass is 9.95. The molecule has 0 atom stereocenters. The summed E-state index contributed by atoms with van der Waals surface area (Å²) in [7, 11) is 0. The number of furan rings is 1. The Morgan fingerprint density at radius 3 is 1.54 bits per heavy atom. The molecule has 0 aliphatic rings. The van der Waals surface area contributed by atoms with Crippen LogP contribution in [0.4, 0.5) is 17.1 Å². The van der Waals surface area contributed by atoms with Crippen LogP contribution in [0.1, 0.15) is 0 Å². The Kier molecular flexibility index (Phi) is 6.84.